The normalized spacial score (nSPS) is 10.3. The van der Waals surface area contributed by atoms with E-state index in [1.54, 1.807) is 0 Å². The highest BCUT2D eigenvalue weighted by Gasteiger charge is 2.18. The highest BCUT2D eigenvalue weighted by atomic mass is 35.5. The summed E-state index contributed by atoms with van der Waals surface area (Å²) in [7, 11) is 0. The van der Waals surface area contributed by atoms with Crippen molar-refractivity contribution in [3.05, 3.63) is 44.7 Å². The number of benzene rings is 1. The zero-order chi connectivity index (χ0) is 14.0. The van der Waals surface area contributed by atoms with Crippen molar-refractivity contribution in [1.82, 2.24) is 15.0 Å². The van der Waals surface area contributed by atoms with Gasteiger partial charge in [-0.3, -0.25) is 10.1 Å². The number of halogens is 3. The smallest absolute Gasteiger partial charge is 0.327 e. The van der Waals surface area contributed by atoms with Gasteiger partial charge in [0, 0.05) is 0 Å². The van der Waals surface area contributed by atoms with Gasteiger partial charge in [0.2, 0.25) is 16.3 Å². The lowest BCUT2D eigenvalue weighted by atomic mass is 10.3. The fourth-order valence-corrected chi connectivity index (χ4v) is 1.52. The fourth-order valence-electron chi connectivity index (χ4n) is 1.17. The molecule has 1 aromatic carbocycles. The molecule has 0 spiro atoms. The van der Waals surface area contributed by atoms with E-state index in [0.29, 0.717) is 6.07 Å². The van der Waals surface area contributed by atoms with Crippen molar-refractivity contribution in [1.29, 1.82) is 0 Å². The van der Waals surface area contributed by atoms with E-state index in [1.807, 2.05) is 0 Å². The lowest BCUT2D eigenvalue weighted by Crippen LogP contribution is -1.98. The third-order valence-corrected chi connectivity index (χ3v) is 2.22. The number of ether oxygens (including phenoxy) is 1. The number of hydrogen-bond donors (Lipinski definition) is 0. The Hall–Kier alpha value is -2.06. The molecule has 0 radical (unpaired) electrons. The van der Waals surface area contributed by atoms with Crippen LogP contribution < -0.4 is 4.74 Å². The predicted molar refractivity (Wildman–Crippen MR) is 63.0 cm³/mol. The quantitative estimate of drug-likeness (QED) is 0.639. The maximum atomic E-state index is 12.9. The second kappa shape index (κ2) is 5.29. The maximum absolute atomic E-state index is 12.9. The molecule has 0 saturated carbocycles. The molecular weight excluding hydrogens is 302 g/mol. The monoisotopic (exact) mass is 304 g/mol. The summed E-state index contributed by atoms with van der Waals surface area (Å²) in [6.07, 6.45) is 0. The van der Waals surface area contributed by atoms with Gasteiger partial charge in [-0.05, 0) is 35.3 Å². The highest BCUT2D eigenvalue weighted by molar-refractivity contribution is 6.31. The molecule has 0 saturated heterocycles. The summed E-state index contributed by atoms with van der Waals surface area (Å²) in [5.74, 6) is -1.02. The van der Waals surface area contributed by atoms with Crippen LogP contribution in [0.5, 0.6) is 11.8 Å². The van der Waals surface area contributed by atoms with Crippen LogP contribution >= 0.6 is 23.2 Å². The molecular formula is C9H3Cl2FN4O3. The summed E-state index contributed by atoms with van der Waals surface area (Å²) in [4.78, 5) is 20.6. The first-order valence-corrected chi connectivity index (χ1v) is 5.40. The van der Waals surface area contributed by atoms with Crippen molar-refractivity contribution in [2.75, 3.05) is 0 Å². The molecule has 0 bridgehead atoms. The van der Waals surface area contributed by atoms with Gasteiger partial charge in [0.1, 0.15) is 5.82 Å². The number of nitro benzene ring substituents is 1. The molecule has 19 heavy (non-hydrogen) atoms. The second-order valence-corrected chi connectivity index (χ2v) is 3.80. The number of hydrogen-bond acceptors (Lipinski definition) is 6. The van der Waals surface area contributed by atoms with E-state index < -0.39 is 16.4 Å². The molecule has 0 aliphatic carbocycles. The SMILES string of the molecule is O=[N+]([O-])c1cc(F)ccc1Oc1nc(Cl)nc(Cl)n1. The van der Waals surface area contributed by atoms with Gasteiger partial charge in [-0.15, -0.1) is 0 Å². The third kappa shape index (κ3) is 3.24. The summed E-state index contributed by atoms with van der Waals surface area (Å²) < 4.78 is 18.0. The largest absolute Gasteiger partial charge is 0.417 e. The molecule has 1 aromatic heterocycles. The third-order valence-electron chi connectivity index (χ3n) is 1.88. The predicted octanol–water partition coefficient (Wildman–Crippen LogP) is 3.02. The molecule has 2 aromatic rings. The zero-order valence-corrected chi connectivity index (χ0v) is 10.4. The van der Waals surface area contributed by atoms with E-state index in [4.69, 9.17) is 27.9 Å². The lowest BCUT2D eigenvalue weighted by molar-refractivity contribution is -0.385. The van der Waals surface area contributed by atoms with Gasteiger partial charge in [-0.25, -0.2) is 4.39 Å². The molecule has 2 rings (SSSR count). The van der Waals surface area contributed by atoms with Crippen LogP contribution in [0.3, 0.4) is 0 Å². The minimum atomic E-state index is -0.803. The van der Waals surface area contributed by atoms with Gasteiger partial charge < -0.3 is 4.74 Å². The summed E-state index contributed by atoms with van der Waals surface area (Å²) in [5, 5.41) is 10.3. The summed E-state index contributed by atoms with van der Waals surface area (Å²) in [6.45, 7) is 0. The van der Waals surface area contributed by atoms with Crippen molar-refractivity contribution >= 4 is 28.9 Å². The van der Waals surface area contributed by atoms with Gasteiger partial charge >= 0.3 is 11.7 Å². The van der Waals surface area contributed by atoms with Gasteiger partial charge in [-0.2, -0.15) is 15.0 Å². The molecule has 0 atom stereocenters. The minimum absolute atomic E-state index is 0.236. The van der Waals surface area contributed by atoms with Crippen LogP contribution in [-0.4, -0.2) is 19.9 Å². The Bertz CT molecular complexity index is 635. The Morgan fingerprint density at radius 2 is 1.84 bits per heavy atom. The van der Waals surface area contributed by atoms with E-state index in [9.17, 15) is 14.5 Å². The maximum Gasteiger partial charge on any atom is 0.327 e. The van der Waals surface area contributed by atoms with Gasteiger partial charge in [0.05, 0.1) is 11.0 Å². The van der Waals surface area contributed by atoms with Crippen LogP contribution in [0, 0.1) is 15.9 Å². The summed E-state index contributed by atoms with van der Waals surface area (Å²) >= 11 is 11.0. The van der Waals surface area contributed by atoms with Crippen LogP contribution in [-0.2, 0) is 0 Å². The second-order valence-electron chi connectivity index (χ2n) is 3.13. The first-order valence-electron chi connectivity index (χ1n) is 4.64. The lowest BCUT2D eigenvalue weighted by Gasteiger charge is -2.04. The first-order chi connectivity index (χ1) is 8.95. The fraction of sp³-hybridized carbons (Fsp3) is 0. The molecule has 0 aliphatic heterocycles. The van der Waals surface area contributed by atoms with E-state index in [0.717, 1.165) is 12.1 Å². The van der Waals surface area contributed by atoms with Crippen molar-refractivity contribution < 1.29 is 14.1 Å². The van der Waals surface area contributed by atoms with E-state index >= 15 is 0 Å². The molecule has 7 nitrogen and oxygen atoms in total. The van der Waals surface area contributed by atoms with Gasteiger partial charge in [-0.1, -0.05) is 0 Å². The number of nitro groups is 1. The minimum Gasteiger partial charge on any atom is -0.417 e. The first kappa shape index (κ1) is 13.4. The van der Waals surface area contributed by atoms with Crippen LogP contribution in [0.2, 0.25) is 10.6 Å². The molecule has 0 unspecified atom stereocenters. The number of rotatable bonds is 3. The molecule has 98 valence electrons. The van der Waals surface area contributed by atoms with E-state index in [2.05, 4.69) is 15.0 Å². The highest BCUT2D eigenvalue weighted by Crippen LogP contribution is 2.30. The molecule has 0 N–H and O–H groups in total. The summed E-state index contributed by atoms with van der Waals surface area (Å²) in [6, 6.07) is 2.44. The van der Waals surface area contributed by atoms with Crippen molar-refractivity contribution in [2.24, 2.45) is 0 Å². The average Bonchev–Trinajstić information content (AvgIpc) is 2.30. The van der Waals surface area contributed by atoms with Crippen molar-refractivity contribution in [3.8, 4) is 11.8 Å². The Morgan fingerprint density at radius 3 is 2.42 bits per heavy atom. The Labute approximate surface area is 115 Å². The zero-order valence-electron chi connectivity index (χ0n) is 8.88. The van der Waals surface area contributed by atoms with Crippen LogP contribution in [0.15, 0.2) is 18.2 Å². The number of aromatic nitrogens is 3. The van der Waals surface area contributed by atoms with Crippen LogP contribution in [0.25, 0.3) is 0 Å². The molecule has 0 fully saturated rings. The van der Waals surface area contributed by atoms with Crippen molar-refractivity contribution in [2.45, 2.75) is 0 Å². The summed E-state index contributed by atoms with van der Waals surface area (Å²) in [5.41, 5.74) is -0.576. The van der Waals surface area contributed by atoms with Gasteiger partial charge in [0.25, 0.3) is 0 Å². The molecule has 1 heterocycles. The molecule has 0 aliphatic rings. The Morgan fingerprint density at radius 1 is 1.21 bits per heavy atom. The van der Waals surface area contributed by atoms with E-state index in [-0.39, 0.29) is 22.3 Å². The van der Waals surface area contributed by atoms with Crippen LogP contribution in [0.1, 0.15) is 0 Å². The molecule has 0 amide bonds. The van der Waals surface area contributed by atoms with Gasteiger partial charge in [0.15, 0.2) is 0 Å². The standard InChI is InChI=1S/C9H3Cl2FN4O3/c10-7-13-8(11)15-9(14-7)19-6-2-1-4(12)3-5(6)16(17)18/h1-3H. The number of nitrogens with zero attached hydrogens (tertiary/aromatic N) is 4. The van der Waals surface area contributed by atoms with Crippen LogP contribution in [0.4, 0.5) is 10.1 Å². The van der Waals surface area contributed by atoms with E-state index in [1.165, 1.54) is 0 Å². The Kier molecular flexibility index (Phi) is 3.72. The topological polar surface area (TPSA) is 91.0 Å². The Balaban J connectivity index is 2.40. The average molecular weight is 305 g/mol. The van der Waals surface area contributed by atoms with Crippen molar-refractivity contribution in [3.63, 3.8) is 0 Å². The molecule has 10 heteroatoms.